The van der Waals surface area contributed by atoms with Crippen LogP contribution in [0.3, 0.4) is 0 Å². The molecule has 0 N–H and O–H groups in total. The van der Waals surface area contributed by atoms with Gasteiger partial charge in [-0.1, -0.05) is 12.8 Å². The van der Waals surface area contributed by atoms with Gasteiger partial charge in [0.15, 0.2) is 0 Å². The van der Waals surface area contributed by atoms with Crippen LogP contribution in [0.15, 0.2) is 22.2 Å². The van der Waals surface area contributed by atoms with E-state index < -0.39 is 0 Å². The van der Waals surface area contributed by atoms with Crippen molar-refractivity contribution in [1.29, 1.82) is 0 Å². The molecule has 1 amide bonds. The van der Waals surface area contributed by atoms with Gasteiger partial charge in [-0.15, -0.1) is 11.3 Å². The molecule has 1 aliphatic carbocycles. The van der Waals surface area contributed by atoms with Crippen molar-refractivity contribution in [2.45, 2.75) is 31.7 Å². The van der Waals surface area contributed by atoms with Gasteiger partial charge in [-0.05, 0) is 24.3 Å². The third-order valence-corrected chi connectivity index (χ3v) is 6.51. The molecule has 0 bridgehead atoms. The number of aromatic nitrogens is 1. The van der Waals surface area contributed by atoms with E-state index in [0.717, 1.165) is 42.8 Å². The van der Waals surface area contributed by atoms with Crippen LogP contribution in [0, 0.1) is 0 Å². The Hall–Kier alpha value is -1.24. The van der Waals surface area contributed by atoms with E-state index in [-0.39, 0.29) is 5.91 Å². The molecule has 4 nitrogen and oxygen atoms in total. The van der Waals surface area contributed by atoms with Crippen LogP contribution < -0.4 is 0 Å². The molecule has 0 atom stereocenters. The van der Waals surface area contributed by atoms with Crippen molar-refractivity contribution in [2.75, 3.05) is 26.2 Å². The zero-order valence-corrected chi connectivity index (χ0v) is 14.7. The Labute approximate surface area is 144 Å². The van der Waals surface area contributed by atoms with E-state index in [1.165, 1.54) is 25.7 Å². The summed E-state index contributed by atoms with van der Waals surface area (Å²) in [6, 6.07) is 2.81. The number of carbonyl (C=O) groups excluding carboxylic acids is 1. The predicted octanol–water partition coefficient (Wildman–Crippen LogP) is 3.57. The van der Waals surface area contributed by atoms with Crippen LogP contribution in [0.1, 0.15) is 36.2 Å². The van der Waals surface area contributed by atoms with E-state index in [9.17, 15) is 4.79 Å². The number of nitrogens with zero attached hydrogens (tertiary/aromatic N) is 3. The summed E-state index contributed by atoms with van der Waals surface area (Å²) in [4.78, 5) is 21.8. The first-order valence-corrected chi connectivity index (χ1v) is 10.1. The highest BCUT2D eigenvalue weighted by atomic mass is 32.1. The highest BCUT2D eigenvalue weighted by Crippen LogP contribution is 2.27. The van der Waals surface area contributed by atoms with E-state index in [4.69, 9.17) is 0 Å². The second-order valence-corrected chi connectivity index (χ2v) is 7.95. The molecule has 1 aliphatic heterocycles. The summed E-state index contributed by atoms with van der Waals surface area (Å²) in [6.45, 7) is 3.69. The Kier molecular flexibility index (Phi) is 4.46. The quantitative estimate of drug-likeness (QED) is 0.852. The van der Waals surface area contributed by atoms with Crippen molar-refractivity contribution in [3.8, 4) is 10.6 Å². The number of piperazine rings is 1. The number of amides is 1. The van der Waals surface area contributed by atoms with E-state index in [0.29, 0.717) is 5.69 Å². The molecule has 2 fully saturated rings. The molecule has 2 aliphatic rings. The van der Waals surface area contributed by atoms with Gasteiger partial charge in [0, 0.05) is 48.5 Å². The van der Waals surface area contributed by atoms with Crippen LogP contribution >= 0.6 is 22.7 Å². The summed E-state index contributed by atoms with van der Waals surface area (Å²) in [5, 5.41) is 6.96. The average Bonchev–Trinajstić information content (AvgIpc) is 3.36. The number of carbonyl (C=O) groups is 1. The first-order valence-electron chi connectivity index (χ1n) is 8.33. The van der Waals surface area contributed by atoms with Gasteiger partial charge in [0.2, 0.25) is 0 Å². The molecule has 4 rings (SSSR count). The lowest BCUT2D eigenvalue weighted by Crippen LogP contribution is -2.51. The Balaban J connectivity index is 1.38. The minimum atomic E-state index is 0.0915. The molecule has 2 aromatic heterocycles. The summed E-state index contributed by atoms with van der Waals surface area (Å²) >= 11 is 3.22. The van der Waals surface area contributed by atoms with Gasteiger partial charge in [-0.25, -0.2) is 4.98 Å². The van der Waals surface area contributed by atoms with Gasteiger partial charge in [-0.2, -0.15) is 11.3 Å². The number of hydrogen-bond acceptors (Lipinski definition) is 5. The van der Waals surface area contributed by atoms with Crippen LogP contribution in [-0.4, -0.2) is 52.9 Å². The second-order valence-electron chi connectivity index (χ2n) is 6.32. The minimum absolute atomic E-state index is 0.0915. The fourth-order valence-electron chi connectivity index (χ4n) is 3.61. The van der Waals surface area contributed by atoms with E-state index in [2.05, 4.69) is 21.3 Å². The Morgan fingerprint density at radius 1 is 1.13 bits per heavy atom. The predicted molar refractivity (Wildman–Crippen MR) is 95.2 cm³/mol. The highest BCUT2D eigenvalue weighted by molar-refractivity contribution is 7.14. The molecule has 23 heavy (non-hydrogen) atoms. The Bertz CT molecular complexity index is 653. The largest absolute Gasteiger partial charge is 0.335 e. The van der Waals surface area contributed by atoms with Gasteiger partial charge < -0.3 is 4.90 Å². The number of thiazole rings is 1. The molecule has 122 valence electrons. The molecule has 1 saturated carbocycles. The van der Waals surface area contributed by atoms with Crippen molar-refractivity contribution in [1.82, 2.24) is 14.8 Å². The number of hydrogen-bond donors (Lipinski definition) is 0. The van der Waals surface area contributed by atoms with Crippen LogP contribution in [-0.2, 0) is 0 Å². The van der Waals surface area contributed by atoms with Gasteiger partial charge >= 0.3 is 0 Å². The zero-order valence-electron chi connectivity index (χ0n) is 13.1. The highest BCUT2D eigenvalue weighted by Gasteiger charge is 2.28. The van der Waals surface area contributed by atoms with Gasteiger partial charge in [0.05, 0.1) is 0 Å². The summed E-state index contributed by atoms with van der Waals surface area (Å²) in [6.07, 6.45) is 5.41. The second kappa shape index (κ2) is 6.71. The number of thiophene rings is 1. The molecule has 3 heterocycles. The minimum Gasteiger partial charge on any atom is -0.335 e. The summed E-state index contributed by atoms with van der Waals surface area (Å²) < 4.78 is 0. The van der Waals surface area contributed by atoms with Crippen LogP contribution in [0.5, 0.6) is 0 Å². The van der Waals surface area contributed by atoms with Gasteiger partial charge in [0.25, 0.3) is 5.91 Å². The molecule has 6 heteroatoms. The molecule has 0 aromatic carbocycles. The zero-order chi connectivity index (χ0) is 15.6. The lowest BCUT2D eigenvalue weighted by molar-refractivity contribution is 0.0569. The van der Waals surface area contributed by atoms with Crippen molar-refractivity contribution >= 4 is 28.6 Å². The fourth-order valence-corrected chi connectivity index (χ4v) is 5.12. The summed E-state index contributed by atoms with van der Waals surface area (Å²) in [5.74, 6) is 0.0915. The van der Waals surface area contributed by atoms with Crippen LogP contribution in [0.4, 0.5) is 0 Å². The summed E-state index contributed by atoms with van der Waals surface area (Å²) in [5.41, 5.74) is 1.72. The smallest absolute Gasteiger partial charge is 0.273 e. The summed E-state index contributed by atoms with van der Waals surface area (Å²) in [7, 11) is 0. The van der Waals surface area contributed by atoms with E-state index in [1.54, 1.807) is 22.7 Å². The Morgan fingerprint density at radius 2 is 1.91 bits per heavy atom. The van der Waals surface area contributed by atoms with E-state index in [1.807, 2.05) is 15.7 Å². The maximum Gasteiger partial charge on any atom is 0.273 e. The topological polar surface area (TPSA) is 36.4 Å². The van der Waals surface area contributed by atoms with Crippen molar-refractivity contribution < 1.29 is 4.79 Å². The van der Waals surface area contributed by atoms with Crippen molar-refractivity contribution in [3.63, 3.8) is 0 Å². The average molecular weight is 348 g/mol. The van der Waals surface area contributed by atoms with Crippen molar-refractivity contribution in [3.05, 3.63) is 27.9 Å². The Morgan fingerprint density at radius 3 is 2.61 bits per heavy atom. The lowest BCUT2D eigenvalue weighted by Gasteiger charge is -2.37. The van der Waals surface area contributed by atoms with Crippen molar-refractivity contribution in [2.24, 2.45) is 0 Å². The van der Waals surface area contributed by atoms with Crippen LogP contribution in [0.25, 0.3) is 10.6 Å². The lowest BCUT2D eigenvalue weighted by atomic mass is 10.2. The first kappa shape index (κ1) is 15.3. The maximum atomic E-state index is 12.7. The van der Waals surface area contributed by atoms with E-state index >= 15 is 0 Å². The normalized spacial score (nSPS) is 20.3. The third kappa shape index (κ3) is 3.20. The molecule has 0 unspecified atom stereocenters. The molecule has 1 saturated heterocycles. The standard InChI is InChI=1S/C17H21N3OS2/c21-17(15-12-23-16(18-15)13-5-10-22-11-13)20-8-6-19(7-9-20)14-3-1-2-4-14/h5,10-12,14H,1-4,6-9H2. The van der Waals surface area contributed by atoms with Crippen LogP contribution in [0.2, 0.25) is 0 Å². The maximum absolute atomic E-state index is 12.7. The number of rotatable bonds is 3. The monoisotopic (exact) mass is 347 g/mol. The molecule has 2 aromatic rings. The van der Waals surface area contributed by atoms with Gasteiger partial charge in [-0.3, -0.25) is 9.69 Å². The molecule has 0 spiro atoms. The molecular formula is C17H21N3OS2. The molecular weight excluding hydrogens is 326 g/mol. The molecule has 0 radical (unpaired) electrons. The SMILES string of the molecule is O=C(c1csc(-c2ccsc2)n1)N1CCN(C2CCCC2)CC1. The fraction of sp³-hybridized carbons (Fsp3) is 0.529. The third-order valence-electron chi connectivity index (χ3n) is 4.93. The first-order chi connectivity index (χ1) is 11.3. The van der Waals surface area contributed by atoms with Gasteiger partial charge in [0.1, 0.15) is 10.7 Å².